The molecule has 0 aromatic heterocycles. The molecule has 0 saturated carbocycles. The van der Waals surface area contributed by atoms with Crippen molar-refractivity contribution in [2.24, 2.45) is 29.6 Å². The quantitative estimate of drug-likeness (QED) is 0.473. The highest BCUT2D eigenvalue weighted by atomic mass is 16.5. The number of carbonyl (C=O) groups is 1. The van der Waals surface area contributed by atoms with Crippen LogP contribution in [-0.4, -0.2) is 20.0 Å². The van der Waals surface area contributed by atoms with Gasteiger partial charge in [-0.05, 0) is 42.9 Å². The number of methoxy groups -OCH3 is 1. The van der Waals surface area contributed by atoms with E-state index in [2.05, 4.69) is 34.6 Å². The fourth-order valence-electron chi connectivity index (χ4n) is 3.23. The topological polar surface area (TPSA) is 26.3 Å². The summed E-state index contributed by atoms with van der Waals surface area (Å²) in [6.07, 6.45) is 6.87. The fourth-order valence-corrected chi connectivity index (χ4v) is 3.23. The number of carbonyl (C=O) groups excluding carboxylic acids is 1. The lowest BCUT2D eigenvalue weighted by molar-refractivity contribution is -0.113. The minimum atomic E-state index is 0.213. The molecule has 0 aliphatic carbocycles. The Morgan fingerprint density at radius 2 is 1.70 bits per heavy atom. The van der Waals surface area contributed by atoms with Crippen LogP contribution in [0.3, 0.4) is 0 Å². The first-order chi connectivity index (χ1) is 9.49. The maximum atomic E-state index is 11.5. The van der Waals surface area contributed by atoms with Crippen LogP contribution in [0.15, 0.2) is 0 Å². The SMILES string of the molecule is CCC(CCC(C=O)C(C)C(CC)CC(C)C)COC. The van der Waals surface area contributed by atoms with E-state index in [1.54, 1.807) is 7.11 Å². The molecule has 0 rings (SSSR count). The van der Waals surface area contributed by atoms with Crippen molar-refractivity contribution in [2.45, 2.75) is 66.7 Å². The van der Waals surface area contributed by atoms with Crippen molar-refractivity contribution in [1.82, 2.24) is 0 Å². The van der Waals surface area contributed by atoms with Gasteiger partial charge in [-0.2, -0.15) is 0 Å². The van der Waals surface area contributed by atoms with Crippen LogP contribution in [0, 0.1) is 29.6 Å². The lowest BCUT2D eigenvalue weighted by Gasteiger charge is -2.29. The van der Waals surface area contributed by atoms with Crippen molar-refractivity contribution < 1.29 is 9.53 Å². The van der Waals surface area contributed by atoms with Gasteiger partial charge in [0.1, 0.15) is 6.29 Å². The summed E-state index contributed by atoms with van der Waals surface area (Å²) in [6.45, 7) is 12.1. The predicted octanol–water partition coefficient (Wildman–Crippen LogP) is 4.96. The highest BCUT2D eigenvalue weighted by molar-refractivity contribution is 5.53. The fraction of sp³-hybridized carbons (Fsp3) is 0.944. The molecule has 4 unspecified atom stereocenters. The normalized spacial score (nSPS) is 17.8. The molecule has 0 aliphatic rings. The van der Waals surface area contributed by atoms with E-state index in [0.717, 1.165) is 25.9 Å². The Hall–Kier alpha value is -0.370. The Morgan fingerprint density at radius 1 is 1.05 bits per heavy atom. The molecule has 2 heteroatoms. The highest BCUT2D eigenvalue weighted by Crippen LogP contribution is 2.31. The van der Waals surface area contributed by atoms with Gasteiger partial charge in [0.15, 0.2) is 0 Å². The second-order valence-corrected chi connectivity index (χ2v) is 6.76. The van der Waals surface area contributed by atoms with Gasteiger partial charge in [0.25, 0.3) is 0 Å². The molecule has 0 spiro atoms. The highest BCUT2D eigenvalue weighted by Gasteiger charge is 2.25. The molecule has 0 amide bonds. The monoisotopic (exact) mass is 284 g/mol. The van der Waals surface area contributed by atoms with Crippen molar-refractivity contribution in [3.63, 3.8) is 0 Å². The van der Waals surface area contributed by atoms with Gasteiger partial charge < -0.3 is 9.53 Å². The molecule has 4 atom stereocenters. The number of aldehydes is 1. The molecule has 0 aromatic rings. The third-order valence-electron chi connectivity index (χ3n) is 4.78. The molecule has 0 bridgehead atoms. The van der Waals surface area contributed by atoms with Gasteiger partial charge in [-0.1, -0.05) is 47.5 Å². The van der Waals surface area contributed by atoms with Gasteiger partial charge in [0.2, 0.25) is 0 Å². The first kappa shape index (κ1) is 19.6. The largest absolute Gasteiger partial charge is 0.384 e. The first-order valence-electron chi connectivity index (χ1n) is 8.44. The van der Waals surface area contributed by atoms with E-state index in [9.17, 15) is 4.79 Å². The van der Waals surface area contributed by atoms with E-state index in [1.165, 1.54) is 19.1 Å². The average Bonchev–Trinajstić information content (AvgIpc) is 2.43. The maximum Gasteiger partial charge on any atom is 0.123 e. The number of hydrogen-bond acceptors (Lipinski definition) is 2. The number of hydrogen-bond donors (Lipinski definition) is 0. The second kappa shape index (κ2) is 11.3. The second-order valence-electron chi connectivity index (χ2n) is 6.76. The zero-order valence-electron chi connectivity index (χ0n) is 14.5. The van der Waals surface area contributed by atoms with Crippen LogP contribution in [0.25, 0.3) is 0 Å². The van der Waals surface area contributed by atoms with Gasteiger partial charge >= 0.3 is 0 Å². The summed E-state index contributed by atoms with van der Waals surface area (Å²) in [5.41, 5.74) is 0. The molecular weight excluding hydrogens is 248 g/mol. The van der Waals surface area contributed by atoms with Crippen molar-refractivity contribution in [3.8, 4) is 0 Å². The van der Waals surface area contributed by atoms with E-state index < -0.39 is 0 Å². The number of ether oxygens (including phenoxy) is 1. The van der Waals surface area contributed by atoms with Gasteiger partial charge in [-0.3, -0.25) is 0 Å². The molecule has 0 aliphatic heterocycles. The zero-order chi connectivity index (χ0) is 15.5. The Morgan fingerprint density at radius 3 is 2.10 bits per heavy atom. The van der Waals surface area contributed by atoms with Crippen LogP contribution in [0.2, 0.25) is 0 Å². The van der Waals surface area contributed by atoms with E-state index >= 15 is 0 Å². The van der Waals surface area contributed by atoms with Crippen molar-refractivity contribution in [3.05, 3.63) is 0 Å². The van der Waals surface area contributed by atoms with Crippen molar-refractivity contribution in [2.75, 3.05) is 13.7 Å². The van der Waals surface area contributed by atoms with E-state index in [4.69, 9.17) is 4.74 Å². The van der Waals surface area contributed by atoms with Crippen LogP contribution in [0.5, 0.6) is 0 Å². The third-order valence-corrected chi connectivity index (χ3v) is 4.78. The predicted molar refractivity (Wildman–Crippen MR) is 86.8 cm³/mol. The molecular formula is C18H36O2. The maximum absolute atomic E-state index is 11.5. The minimum Gasteiger partial charge on any atom is -0.384 e. The summed E-state index contributed by atoms with van der Waals surface area (Å²) in [4.78, 5) is 11.5. The molecule has 0 N–H and O–H groups in total. The molecule has 0 saturated heterocycles. The van der Waals surface area contributed by atoms with E-state index in [1.807, 2.05) is 0 Å². The van der Waals surface area contributed by atoms with E-state index in [-0.39, 0.29) is 5.92 Å². The molecule has 0 radical (unpaired) electrons. The lowest BCUT2D eigenvalue weighted by atomic mass is 9.76. The zero-order valence-corrected chi connectivity index (χ0v) is 14.5. The van der Waals surface area contributed by atoms with Crippen LogP contribution in [0.1, 0.15) is 66.7 Å². The summed E-state index contributed by atoms with van der Waals surface area (Å²) in [5, 5.41) is 0. The van der Waals surface area contributed by atoms with Crippen LogP contribution < -0.4 is 0 Å². The Kier molecular flexibility index (Phi) is 11.1. The summed E-state index contributed by atoms with van der Waals surface area (Å²) in [7, 11) is 1.76. The lowest BCUT2D eigenvalue weighted by Crippen LogP contribution is -2.24. The van der Waals surface area contributed by atoms with Crippen molar-refractivity contribution in [1.29, 1.82) is 0 Å². The minimum absolute atomic E-state index is 0.213. The molecule has 0 fully saturated rings. The average molecular weight is 284 g/mol. The molecule has 2 nitrogen and oxygen atoms in total. The smallest absolute Gasteiger partial charge is 0.123 e. The van der Waals surface area contributed by atoms with Crippen LogP contribution >= 0.6 is 0 Å². The summed E-state index contributed by atoms with van der Waals surface area (Å²) in [5.74, 6) is 2.70. The Bertz CT molecular complexity index is 238. The molecule has 120 valence electrons. The molecule has 0 heterocycles. The van der Waals surface area contributed by atoms with Gasteiger partial charge in [0, 0.05) is 19.6 Å². The summed E-state index contributed by atoms with van der Waals surface area (Å²) in [6, 6.07) is 0. The van der Waals surface area contributed by atoms with E-state index in [0.29, 0.717) is 23.7 Å². The first-order valence-corrected chi connectivity index (χ1v) is 8.44. The Labute approximate surface area is 126 Å². The van der Waals surface area contributed by atoms with Gasteiger partial charge in [0.05, 0.1) is 0 Å². The van der Waals surface area contributed by atoms with Crippen LogP contribution in [0.4, 0.5) is 0 Å². The third kappa shape index (κ3) is 7.42. The van der Waals surface area contributed by atoms with Gasteiger partial charge in [-0.15, -0.1) is 0 Å². The standard InChI is InChI=1S/C18H36O2/c1-7-16(13-20-6)9-10-18(12-19)15(5)17(8-2)11-14(3)4/h12,14-18H,7-11,13H2,1-6H3. The molecule has 20 heavy (non-hydrogen) atoms. The van der Waals surface area contributed by atoms with Crippen LogP contribution in [-0.2, 0) is 9.53 Å². The Balaban J connectivity index is 4.44. The van der Waals surface area contributed by atoms with Crippen molar-refractivity contribution >= 4 is 6.29 Å². The summed E-state index contributed by atoms with van der Waals surface area (Å²) < 4.78 is 5.25. The summed E-state index contributed by atoms with van der Waals surface area (Å²) >= 11 is 0. The number of rotatable bonds is 12. The molecule has 0 aromatic carbocycles. The van der Waals surface area contributed by atoms with Gasteiger partial charge in [-0.25, -0.2) is 0 Å².